The van der Waals surface area contributed by atoms with Gasteiger partial charge in [0.05, 0.1) is 5.56 Å². The Morgan fingerprint density at radius 3 is 2.33 bits per heavy atom. The van der Waals surface area contributed by atoms with Crippen LogP contribution < -0.4 is 5.73 Å². The average Bonchev–Trinajstić information content (AvgIpc) is 2.25. The fourth-order valence-electron chi connectivity index (χ4n) is 1.37. The van der Waals surface area contributed by atoms with Crippen molar-refractivity contribution in [2.75, 3.05) is 0 Å². The number of hydrogen-bond donors (Lipinski definition) is 1. The number of aromatic nitrogens is 1. The number of alkyl halides is 5. The van der Waals surface area contributed by atoms with Crippen molar-refractivity contribution in [3.8, 4) is 0 Å². The van der Waals surface area contributed by atoms with Gasteiger partial charge in [0.1, 0.15) is 11.4 Å². The molecule has 9 heteroatoms. The Morgan fingerprint density at radius 2 is 2.00 bits per heavy atom. The first-order valence-corrected chi connectivity index (χ1v) is 4.85. The van der Waals surface area contributed by atoms with Gasteiger partial charge in [-0.3, -0.25) is 4.79 Å². The predicted octanol–water partition coefficient (Wildman–Crippen LogP) is 2.88. The van der Waals surface area contributed by atoms with Crippen LogP contribution in [0.2, 0.25) is 0 Å². The highest BCUT2D eigenvalue weighted by molar-refractivity contribution is 6.67. The number of carbonyl (C=O) groups excluding carboxylic acids is 1. The lowest BCUT2D eigenvalue weighted by Gasteiger charge is -2.16. The number of carbonyl (C=O) groups is 1. The summed E-state index contributed by atoms with van der Waals surface area (Å²) < 4.78 is 63.0. The van der Waals surface area contributed by atoms with Gasteiger partial charge in [0, 0.05) is 6.54 Å². The summed E-state index contributed by atoms with van der Waals surface area (Å²) in [7, 11) is 0. The molecule has 0 aliphatic carbocycles. The Balaban J connectivity index is 3.62. The second kappa shape index (κ2) is 5.15. The lowest BCUT2D eigenvalue weighted by molar-refractivity contribution is -0.140. The number of nitrogens with zero attached hydrogens (tertiary/aromatic N) is 1. The summed E-state index contributed by atoms with van der Waals surface area (Å²) in [5, 5.41) is -1.24. The van der Waals surface area contributed by atoms with E-state index in [1.54, 1.807) is 0 Å². The molecule has 0 fully saturated rings. The predicted molar refractivity (Wildman–Crippen MR) is 52.3 cm³/mol. The number of hydrogen-bond acceptors (Lipinski definition) is 3. The first kappa shape index (κ1) is 14.8. The number of halogens is 6. The van der Waals surface area contributed by atoms with E-state index >= 15 is 0 Å². The first-order chi connectivity index (χ1) is 8.18. The van der Waals surface area contributed by atoms with Crippen molar-refractivity contribution in [2.45, 2.75) is 19.1 Å². The minimum Gasteiger partial charge on any atom is -0.326 e. The standard InChI is InChI=1S/C9H6ClF5N2O/c10-7(18)4-1-3(2-16)5(9(13,14)15)6(17-4)8(11)12/h1,8H,2,16H2. The monoisotopic (exact) mass is 288 g/mol. The summed E-state index contributed by atoms with van der Waals surface area (Å²) in [5.41, 5.74) is 0.538. The number of nitrogens with two attached hydrogens (primary N) is 1. The van der Waals surface area contributed by atoms with Gasteiger partial charge in [-0.1, -0.05) is 0 Å². The van der Waals surface area contributed by atoms with E-state index < -0.39 is 46.9 Å². The Bertz CT molecular complexity index is 475. The highest BCUT2D eigenvalue weighted by atomic mass is 35.5. The molecule has 3 nitrogen and oxygen atoms in total. The van der Waals surface area contributed by atoms with Crippen LogP contribution in [-0.4, -0.2) is 10.2 Å². The van der Waals surface area contributed by atoms with Crippen molar-refractivity contribution >= 4 is 16.8 Å². The van der Waals surface area contributed by atoms with Gasteiger partial charge in [0.2, 0.25) is 0 Å². The summed E-state index contributed by atoms with van der Waals surface area (Å²) in [6.07, 6.45) is -8.54. The van der Waals surface area contributed by atoms with Crippen molar-refractivity contribution in [3.05, 3.63) is 28.6 Å². The van der Waals surface area contributed by atoms with E-state index in [1.165, 1.54) is 0 Å². The Hall–Kier alpha value is -1.28. The number of pyridine rings is 1. The summed E-state index contributed by atoms with van der Waals surface area (Å²) in [6.45, 7) is -0.672. The molecule has 0 spiro atoms. The number of rotatable bonds is 3. The van der Waals surface area contributed by atoms with Crippen molar-refractivity contribution < 1.29 is 26.7 Å². The molecule has 0 saturated heterocycles. The molecule has 18 heavy (non-hydrogen) atoms. The van der Waals surface area contributed by atoms with E-state index in [-0.39, 0.29) is 0 Å². The third-order valence-corrected chi connectivity index (χ3v) is 2.23. The molecule has 0 amide bonds. The zero-order chi connectivity index (χ0) is 14.1. The SMILES string of the molecule is NCc1cc(C(=O)Cl)nc(C(F)F)c1C(F)(F)F. The second-order valence-electron chi connectivity index (χ2n) is 3.20. The Labute approximate surface area is 103 Å². The van der Waals surface area contributed by atoms with Crippen LogP contribution >= 0.6 is 11.6 Å². The maximum atomic E-state index is 12.6. The molecule has 0 aromatic carbocycles. The van der Waals surface area contributed by atoms with Crippen LogP contribution in [0.5, 0.6) is 0 Å². The second-order valence-corrected chi connectivity index (χ2v) is 3.55. The zero-order valence-electron chi connectivity index (χ0n) is 8.56. The van der Waals surface area contributed by atoms with Gasteiger partial charge in [-0.05, 0) is 23.2 Å². The summed E-state index contributed by atoms with van der Waals surface area (Å²) in [6, 6.07) is 0.657. The van der Waals surface area contributed by atoms with Gasteiger partial charge >= 0.3 is 6.18 Å². The lowest BCUT2D eigenvalue weighted by atomic mass is 10.0. The fraction of sp³-hybridized carbons (Fsp3) is 0.333. The van der Waals surface area contributed by atoms with Crippen LogP contribution in [0.15, 0.2) is 6.07 Å². The molecule has 1 heterocycles. The first-order valence-electron chi connectivity index (χ1n) is 4.47. The Morgan fingerprint density at radius 1 is 1.44 bits per heavy atom. The van der Waals surface area contributed by atoms with E-state index in [2.05, 4.69) is 4.98 Å². The Kier molecular flexibility index (Phi) is 4.23. The molecular formula is C9H6ClF5N2O. The molecule has 1 aromatic heterocycles. The van der Waals surface area contributed by atoms with Crippen molar-refractivity contribution in [2.24, 2.45) is 5.73 Å². The van der Waals surface area contributed by atoms with E-state index in [0.29, 0.717) is 6.07 Å². The fourth-order valence-corrected chi connectivity index (χ4v) is 1.46. The molecule has 1 aromatic rings. The van der Waals surface area contributed by atoms with Crippen molar-refractivity contribution in [1.29, 1.82) is 0 Å². The van der Waals surface area contributed by atoms with Crippen molar-refractivity contribution in [3.63, 3.8) is 0 Å². The molecule has 0 bridgehead atoms. The van der Waals surface area contributed by atoms with E-state index in [1.807, 2.05) is 0 Å². The van der Waals surface area contributed by atoms with Crippen LogP contribution in [-0.2, 0) is 12.7 Å². The maximum Gasteiger partial charge on any atom is 0.418 e. The van der Waals surface area contributed by atoms with Crippen molar-refractivity contribution in [1.82, 2.24) is 4.98 Å². The van der Waals surface area contributed by atoms with Gasteiger partial charge in [-0.15, -0.1) is 0 Å². The van der Waals surface area contributed by atoms with Crippen LogP contribution in [0, 0.1) is 0 Å². The highest BCUT2D eigenvalue weighted by Crippen LogP contribution is 2.38. The van der Waals surface area contributed by atoms with E-state index in [9.17, 15) is 26.7 Å². The molecule has 0 aliphatic heterocycles. The van der Waals surface area contributed by atoms with E-state index in [4.69, 9.17) is 17.3 Å². The minimum absolute atomic E-state index is 0.656. The molecule has 0 unspecified atom stereocenters. The van der Waals surface area contributed by atoms with Crippen LogP contribution in [0.1, 0.15) is 33.7 Å². The third-order valence-electron chi connectivity index (χ3n) is 2.04. The smallest absolute Gasteiger partial charge is 0.326 e. The van der Waals surface area contributed by atoms with Gasteiger partial charge in [-0.25, -0.2) is 13.8 Å². The molecule has 0 saturated carbocycles. The largest absolute Gasteiger partial charge is 0.418 e. The van der Waals surface area contributed by atoms with Gasteiger partial charge < -0.3 is 5.73 Å². The topological polar surface area (TPSA) is 56.0 Å². The van der Waals surface area contributed by atoms with E-state index in [0.717, 1.165) is 0 Å². The minimum atomic E-state index is -5.04. The average molecular weight is 289 g/mol. The van der Waals surface area contributed by atoms with Crippen LogP contribution in [0.25, 0.3) is 0 Å². The lowest BCUT2D eigenvalue weighted by Crippen LogP contribution is -2.18. The normalized spacial score (nSPS) is 12.0. The van der Waals surface area contributed by atoms with Gasteiger partial charge in [0.25, 0.3) is 11.7 Å². The summed E-state index contributed by atoms with van der Waals surface area (Å²) in [5.74, 6) is 0. The third kappa shape index (κ3) is 2.94. The maximum absolute atomic E-state index is 12.6. The highest BCUT2D eigenvalue weighted by Gasteiger charge is 2.39. The molecule has 0 aliphatic rings. The van der Waals surface area contributed by atoms with Crippen LogP contribution in [0.4, 0.5) is 22.0 Å². The molecule has 2 N–H and O–H groups in total. The quantitative estimate of drug-likeness (QED) is 0.687. The zero-order valence-corrected chi connectivity index (χ0v) is 9.32. The molecule has 100 valence electrons. The molecule has 0 radical (unpaired) electrons. The molecule has 0 atom stereocenters. The van der Waals surface area contributed by atoms with Crippen LogP contribution in [0.3, 0.4) is 0 Å². The molecule has 1 rings (SSSR count). The summed E-state index contributed by atoms with van der Waals surface area (Å²) in [4.78, 5) is 13.7. The van der Waals surface area contributed by atoms with Gasteiger partial charge in [-0.2, -0.15) is 13.2 Å². The molecular weight excluding hydrogens is 283 g/mol. The van der Waals surface area contributed by atoms with Gasteiger partial charge in [0.15, 0.2) is 0 Å². The summed E-state index contributed by atoms with van der Waals surface area (Å²) >= 11 is 5.01.